The molecule has 4 heteroatoms. The highest BCUT2D eigenvalue weighted by molar-refractivity contribution is 5.76. The van der Waals surface area contributed by atoms with Crippen molar-refractivity contribution in [3.8, 4) is 0 Å². The van der Waals surface area contributed by atoms with Crippen LogP contribution in [0.5, 0.6) is 0 Å². The van der Waals surface area contributed by atoms with Crippen LogP contribution in [0.25, 0.3) is 0 Å². The second-order valence-corrected chi connectivity index (χ2v) is 5.87. The second kappa shape index (κ2) is 9.83. The molecule has 0 fully saturated rings. The van der Waals surface area contributed by atoms with Gasteiger partial charge in [-0.1, -0.05) is 44.2 Å². The van der Waals surface area contributed by atoms with Crippen molar-refractivity contribution < 1.29 is 4.79 Å². The number of nitrogens with zero attached hydrogens (tertiary/aromatic N) is 2. The zero-order valence-electron chi connectivity index (χ0n) is 14.7. The van der Waals surface area contributed by atoms with E-state index in [1.165, 1.54) is 11.1 Å². The fraction of sp³-hybridized carbons (Fsp3) is 0.400. The Morgan fingerprint density at radius 2 is 1.83 bits per heavy atom. The number of hydrogen-bond donors (Lipinski definition) is 1. The van der Waals surface area contributed by atoms with Gasteiger partial charge in [-0.15, -0.1) is 0 Å². The number of benzene rings is 1. The monoisotopic (exact) mass is 325 g/mol. The average Bonchev–Trinajstić information content (AvgIpc) is 2.64. The Morgan fingerprint density at radius 3 is 2.50 bits per heavy atom. The molecule has 0 atom stereocenters. The number of aryl methyl sites for hydroxylation is 1. The van der Waals surface area contributed by atoms with Crippen LogP contribution in [0.4, 0.5) is 0 Å². The fourth-order valence-electron chi connectivity index (χ4n) is 2.66. The lowest BCUT2D eigenvalue weighted by Crippen LogP contribution is -2.26. The third-order valence-corrected chi connectivity index (χ3v) is 4.25. The van der Waals surface area contributed by atoms with Gasteiger partial charge in [0.2, 0.25) is 5.91 Å². The van der Waals surface area contributed by atoms with E-state index in [1.54, 1.807) is 6.20 Å². The zero-order valence-corrected chi connectivity index (χ0v) is 14.7. The summed E-state index contributed by atoms with van der Waals surface area (Å²) in [6, 6.07) is 12.2. The first-order valence-corrected chi connectivity index (χ1v) is 8.67. The molecule has 0 aliphatic rings. The van der Waals surface area contributed by atoms with E-state index in [-0.39, 0.29) is 5.91 Å². The van der Waals surface area contributed by atoms with Gasteiger partial charge in [0.25, 0.3) is 0 Å². The Balaban J connectivity index is 1.86. The molecule has 1 heterocycles. The van der Waals surface area contributed by atoms with Gasteiger partial charge >= 0.3 is 0 Å². The van der Waals surface area contributed by atoms with Gasteiger partial charge in [-0.05, 0) is 42.3 Å². The number of carbonyl (C=O) groups excluding carboxylic acids is 1. The molecule has 1 N–H and O–H groups in total. The summed E-state index contributed by atoms with van der Waals surface area (Å²) in [4.78, 5) is 18.5. The van der Waals surface area contributed by atoms with Gasteiger partial charge in [0.1, 0.15) is 0 Å². The van der Waals surface area contributed by atoms with Gasteiger partial charge in [0.05, 0.1) is 0 Å². The molecule has 0 aliphatic heterocycles. The van der Waals surface area contributed by atoms with Crippen LogP contribution in [-0.2, 0) is 24.3 Å². The number of rotatable bonds is 9. The number of aromatic nitrogens is 1. The average molecular weight is 325 g/mol. The molecule has 1 amide bonds. The van der Waals surface area contributed by atoms with Crippen LogP contribution in [0.1, 0.15) is 37.0 Å². The maximum Gasteiger partial charge on any atom is 0.220 e. The minimum Gasteiger partial charge on any atom is -0.352 e. The van der Waals surface area contributed by atoms with Crippen molar-refractivity contribution in [1.82, 2.24) is 15.2 Å². The summed E-state index contributed by atoms with van der Waals surface area (Å²) in [7, 11) is 0. The summed E-state index contributed by atoms with van der Waals surface area (Å²) < 4.78 is 0. The maximum atomic E-state index is 12.1. The molecule has 0 saturated carbocycles. The standard InChI is InChI=1S/C20H27N3O/c1-3-23(4-2)16-19-10-6-5-9-18(19)15-22-20(24)12-11-17-8-7-13-21-14-17/h5-10,13-14H,3-4,11-12,15-16H2,1-2H3,(H,22,24). The summed E-state index contributed by atoms with van der Waals surface area (Å²) in [5.74, 6) is 0.0801. The van der Waals surface area contributed by atoms with Crippen molar-refractivity contribution in [2.45, 2.75) is 39.8 Å². The molecular weight excluding hydrogens is 298 g/mol. The number of nitrogens with one attached hydrogen (secondary N) is 1. The van der Waals surface area contributed by atoms with Gasteiger partial charge in [-0.2, -0.15) is 0 Å². The lowest BCUT2D eigenvalue weighted by molar-refractivity contribution is -0.121. The van der Waals surface area contributed by atoms with E-state index in [2.05, 4.69) is 47.2 Å². The Bertz CT molecular complexity index is 624. The second-order valence-electron chi connectivity index (χ2n) is 5.87. The van der Waals surface area contributed by atoms with Crippen LogP contribution in [0, 0.1) is 0 Å². The molecule has 128 valence electrons. The SMILES string of the molecule is CCN(CC)Cc1ccccc1CNC(=O)CCc1cccnc1. The van der Waals surface area contributed by atoms with Crippen molar-refractivity contribution >= 4 is 5.91 Å². The van der Waals surface area contributed by atoms with Crippen LogP contribution in [0.15, 0.2) is 48.8 Å². The molecular formula is C20H27N3O. The third-order valence-electron chi connectivity index (χ3n) is 4.25. The van der Waals surface area contributed by atoms with Crippen molar-refractivity contribution in [2.24, 2.45) is 0 Å². The van der Waals surface area contributed by atoms with Crippen LogP contribution in [0.3, 0.4) is 0 Å². The molecule has 4 nitrogen and oxygen atoms in total. The molecule has 0 spiro atoms. The molecule has 2 aromatic rings. The highest BCUT2D eigenvalue weighted by Crippen LogP contribution is 2.12. The Kier molecular flexibility index (Phi) is 7.43. The van der Waals surface area contributed by atoms with Gasteiger partial charge in [0.15, 0.2) is 0 Å². The fourth-order valence-corrected chi connectivity index (χ4v) is 2.66. The van der Waals surface area contributed by atoms with E-state index >= 15 is 0 Å². The highest BCUT2D eigenvalue weighted by Gasteiger charge is 2.08. The summed E-state index contributed by atoms with van der Waals surface area (Å²) in [6.07, 6.45) is 4.77. The topological polar surface area (TPSA) is 45.2 Å². The number of amides is 1. The predicted molar refractivity (Wildman–Crippen MR) is 97.5 cm³/mol. The maximum absolute atomic E-state index is 12.1. The minimum absolute atomic E-state index is 0.0801. The van der Waals surface area contributed by atoms with E-state index in [0.717, 1.165) is 31.6 Å². The number of hydrogen-bond acceptors (Lipinski definition) is 3. The Labute approximate surface area is 144 Å². The lowest BCUT2D eigenvalue weighted by atomic mass is 10.1. The molecule has 0 saturated heterocycles. The predicted octanol–water partition coefficient (Wildman–Crippen LogP) is 3.17. The minimum atomic E-state index is 0.0801. The summed E-state index contributed by atoms with van der Waals surface area (Å²) >= 11 is 0. The van der Waals surface area contributed by atoms with Crippen molar-refractivity contribution in [1.29, 1.82) is 0 Å². The van der Waals surface area contributed by atoms with Gasteiger partial charge < -0.3 is 5.32 Å². The van der Waals surface area contributed by atoms with Crippen molar-refractivity contribution in [2.75, 3.05) is 13.1 Å². The third kappa shape index (κ3) is 5.78. The van der Waals surface area contributed by atoms with E-state index in [9.17, 15) is 4.79 Å². The van der Waals surface area contributed by atoms with Gasteiger partial charge in [-0.3, -0.25) is 14.7 Å². The van der Waals surface area contributed by atoms with E-state index in [0.29, 0.717) is 13.0 Å². The van der Waals surface area contributed by atoms with Gasteiger partial charge in [-0.25, -0.2) is 0 Å². The van der Waals surface area contributed by atoms with Crippen LogP contribution < -0.4 is 5.32 Å². The highest BCUT2D eigenvalue weighted by atomic mass is 16.1. The van der Waals surface area contributed by atoms with E-state index in [1.807, 2.05) is 24.4 Å². The molecule has 24 heavy (non-hydrogen) atoms. The molecule has 1 aromatic heterocycles. The smallest absolute Gasteiger partial charge is 0.220 e. The first-order chi connectivity index (χ1) is 11.7. The van der Waals surface area contributed by atoms with Crippen LogP contribution in [0.2, 0.25) is 0 Å². The van der Waals surface area contributed by atoms with Crippen LogP contribution in [-0.4, -0.2) is 28.9 Å². The van der Waals surface area contributed by atoms with Crippen LogP contribution >= 0.6 is 0 Å². The zero-order chi connectivity index (χ0) is 17.2. The van der Waals surface area contributed by atoms with Crippen molar-refractivity contribution in [3.05, 3.63) is 65.5 Å². The Hall–Kier alpha value is -2.20. The van der Waals surface area contributed by atoms with E-state index < -0.39 is 0 Å². The Morgan fingerprint density at radius 1 is 1.08 bits per heavy atom. The van der Waals surface area contributed by atoms with E-state index in [4.69, 9.17) is 0 Å². The van der Waals surface area contributed by atoms with Gasteiger partial charge in [0, 0.05) is 31.9 Å². The summed E-state index contributed by atoms with van der Waals surface area (Å²) in [6.45, 7) is 7.92. The number of pyridine rings is 1. The number of carbonyl (C=O) groups is 1. The summed E-state index contributed by atoms with van der Waals surface area (Å²) in [5.41, 5.74) is 3.57. The molecule has 0 radical (unpaired) electrons. The largest absolute Gasteiger partial charge is 0.352 e. The molecule has 1 aromatic carbocycles. The quantitative estimate of drug-likeness (QED) is 0.770. The lowest BCUT2D eigenvalue weighted by Gasteiger charge is -2.20. The van der Waals surface area contributed by atoms with Crippen molar-refractivity contribution in [3.63, 3.8) is 0 Å². The molecule has 0 aliphatic carbocycles. The normalized spacial score (nSPS) is 10.8. The molecule has 2 rings (SSSR count). The first-order valence-electron chi connectivity index (χ1n) is 8.67. The molecule has 0 bridgehead atoms. The molecule has 0 unspecified atom stereocenters. The first kappa shape index (κ1) is 18.1. The summed E-state index contributed by atoms with van der Waals surface area (Å²) in [5, 5.41) is 3.04.